The molecule has 9 nitrogen and oxygen atoms in total. The number of carbonyl (C=O) groups is 1. The maximum absolute atomic E-state index is 12.8. The van der Waals surface area contributed by atoms with Gasteiger partial charge >= 0.3 is 0 Å². The van der Waals surface area contributed by atoms with Gasteiger partial charge in [-0.1, -0.05) is 6.07 Å². The van der Waals surface area contributed by atoms with Gasteiger partial charge in [-0.15, -0.1) is 0 Å². The monoisotopic (exact) mass is 472 g/mol. The van der Waals surface area contributed by atoms with Crippen LogP contribution in [-0.4, -0.2) is 66.4 Å². The first-order valence-electron chi connectivity index (χ1n) is 11.7. The molecule has 5 rings (SSSR count). The minimum absolute atomic E-state index is 0.0138. The molecule has 180 valence electrons. The van der Waals surface area contributed by atoms with Crippen LogP contribution in [-0.2, 0) is 17.8 Å². The number of hydrogen-bond acceptors (Lipinski definition) is 7. The molecule has 0 atom stereocenters. The van der Waals surface area contributed by atoms with Crippen LogP contribution in [0.4, 0.5) is 0 Å². The van der Waals surface area contributed by atoms with Gasteiger partial charge in [-0.05, 0) is 44.0 Å². The van der Waals surface area contributed by atoms with Crippen molar-refractivity contribution in [1.29, 1.82) is 0 Å². The number of amides is 1. The molecule has 1 amide bonds. The van der Waals surface area contributed by atoms with E-state index in [0.717, 1.165) is 16.8 Å². The predicted molar refractivity (Wildman–Crippen MR) is 131 cm³/mol. The Balaban J connectivity index is 1.40. The smallest absolute Gasteiger partial charge is 0.228 e. The number of piperidine rings is 1. The molecule has 35 heavy (non-hydrogen) atoms. The van der Waals surface area contributed by atoms with Crippen molar-refractivity contribution in [3.63, 3.8) is 0 Å². The lowest BCUT2D eigenvalue weighted by Gasteiger charge is -2.35. The summed E-state index contributed by atoms with van der Waals surface area (Å²) < 4.78 is 7.38. The van der Waals surface area contributed by atoms with Gasteiger partial charge in [0.2, 0.25) is 5.91 Å². The molecule has 1 N–H and O–H groups in total. The van der Waals surface area contributed by atoms with Crippen LogP contribution in [0.15, 0.2) is 55.1 Å². The van der Waals surface area contributed by atoms with E-state index in [1.165, 1.54) is 0 Å². The lowest BCUT2D eigenvalue weighted by molar-refractivity contribution is -0.134. The number of benzene rings is 1. The fourth-order valence-electron chi connectivity index (χ4n) is 4.35. The Kier molecular flexibility index (Phi) is 6.17. The molecule has 0 aliphatic carbocycles. The van der Waals surface area contributed by atoms with Crippen molar-refractivity contribution in [2.45, 2.75) is 38.3 Å². The van der Waals surface area contributed by atoms with Gasteiger partial charge in [0, 0.05) is 42.8 Å². The summed E-state index contributed by atoms with van der Waals surface area (Å²) in [7, 11) is 1.60. The highest BCUT2D eigenvalue weighted by atomic mass is 16.5. The summed E-state index contributed by atoms with van der Waals surface area (Å²) in [5, 5.41) is 14.6. The number of pyridine rings is 1. The molecule has 4 aromatic rings. The Hall–Kier alpha value is -3.85. The van der Waals surface area contributed by atoms with E-state index >= 15 is 0 Å². The van der Waals surface area contributed by atoms with Gasteiger partial charge in [0.05, 0.1) is 43.3 Å². The van der Waals surface area contributed by atoms with Crippen molar-refractivity contribution < 1.29 is 14.6 Å². The number of nitrogens with zero attached hydrogens (tertiary/aromatic N) is 6. The van der Waals surface area contributed by atoms with Crippen LogP contribution in [0.3, 0.4) is 0 Å². The fraction of sp³-hybridized carbons (Fsp3) is 0.346. The first kappa shape index (κ1) is 22.9. The number of aliphatic hydroxyl groups is 1. The van der Waals surface area contributed by atoms with Crippen LogP contribution in [0.5, 0.6) is 5.75 Å². The van der Waals surface area contributed by atoms with E-state index in [1.807, 2.05) is 48.1 Å². The van der Waals surface area contributed by atoms with Crippen molar-refractivity contribution in [3.8, 4) is 16.9 Å². The molecule has 0 bridgehead atoms. The van der Waals surface area contributed by atoms with E-state index in [-0.39, 0.29) is 12.3 Å². The third kappa shape index (κ3) is 5.00. The summed E-state index contributed by atoms with van der Waals surface area (Å²) in [6, 6.07) is 9.61. The van der Waals surface area contributed by atoms with E-state index < -0.39 is 5.60 Å². The molecule has 9 heteroatoms. The number of methoxy groups -OCH3 is 1. The van der Waals surface area contributed by atoms with Gasteiger partial charge in [0.15, 0.2) is 0 Å². The van der Waals surface area contributed by atoms with Crippen LogP contribution in [0, 0.1) is 0 Å². The van der Waals surface area contributed by atoms with E-state index in [0.29, 0.717) is 55.0 Å². The number of likely N-dealkylation sites (tertiary alicyclic amines) is 1. The van der Waals surface area contributed by atoms with Gasteiger partial charge < -0.3 is 14.7 Å². The van der Waals surface area contributed by atoms with Crippen molar-refractivity contribution in [2.75, 3.05) is 20.2 Å². The van der Waals surface area contributed by atoms with Crippen molar-refractivity contribution in [2.24, 2.45) is 0 Å². The Morgan fingerprint density at radius 1 is 1.09 bits per heavy atom. The summed E-state index contributed by atoms with van der Waals surface area (Å²) in [5.41, 5.74) is 3.90. The number of ether oxygens (including phenoxy) is 1. The Morgan fingerprint density at radius 2 is 1.91 bits per heavy atom. The van der Waals surface area contributed by atoms with Crippen molar-refractivity contribution in [3.05, 3.63) is 66.5 Å². The van der Waals surface area contributed by atoms with Crippen LogP contribution < -0.4 is 4.74 Å². The molecule has 1 saturated heterocycles. The second kappa shape index (κ2) is 9.42. The molecule has 1 fully saturated rings. The first-order chi connectivity index (χ1) is 16.9. The molecular weight excluding hydrogens is 444 g/mol. The SMILES string of the molecule is COc1ccc(-c2cnn(Cc3ccccn3)c2)c2ncc(CC(=O)N3CCC(C)(O)CC3)nc12. The van der Waals surface area contributed by atoms with Crippen LogP contribution >= 0.6 is 0 Å². The third-order valence-electron chi connectivity index (χ3n) is 6.45. The largest absolute Gasteiger partial charge is 0.494 e. The maximum atomic E-state index is 12.8. The number of fused-ring (bicyclic) bond motifs is 1. The van der Waals surface area contributed by atoms with Crippen molar-refractivity contribution >= 4 is 16.9 Å². The average Bonchev–Trinajstić information content (AvgIpc) is 3.32. The second-order valence-electron chi connectivity index (χ2n) is 9.18. The van der Waals surface area contributed by atoms with Crippen LogP contribution in [0.1, 0.15) is 31.2 Å². The zero-order chi connectivity index (χ0) is 24.4. The van der Waals surface area contributed by atoms with Gasteiger partial charge in [-0.2, -0.15) is 5.10 Å². The first-order valence-corrected chi connectivity index (χ1v) is 11.7. The van der Waals surface area contributed by atoms with Gasteiger partial charge in [0.25, 0.3) is 0 Å². The minimum Gasteiger partial charge on any atom is -0.494 e. The lowest BCUT2D eigenvalue weighted by Crippen LogP contribution is -2.45. The molecule has 1 aliphatic rings. The Bertz CT molecular complexity index is 1340. The topological polar surface area (TPSA) is 106 Å². The minimum atomic E-state index is -0.700. The van der Waals surface area contributed by atoms with Gasteiger partial charge in [0.1, 0.15) is 16.8 Å². The highest BCUT2D eigenvalue weighted by Crippen LogP contribution is 2.32. The quantitative estimate of drug-likeness (QED) is 0.460. The lowest BCUT2D eigenvalue weighted by atomic mass is 9.93. The normalized spacial score (nSPS) is 15.3. The molecule has 0 saturated carbocycles. The van der Waals surface area contributed by atoms with Gasteiger partial charge in [-0.3, -0.25) is 19.4 Å². The van der Waals surface area contributed by atoms with Crippen molar-refractivity contribution in [1.82, 2.24) is 29.6 Å². The number of carbonyl (C=O) groups excluding carboxylic acids is 1. The zero-order valence-electron chi connectivity index (χ0n) is 19.9. The van der Waals surface area contributed by atoms with E-state index in [4.69, 9.17) is 9.72 Å². The molecule has 4 heterocycles. The molecule has 1 aliphatic heterocycles. The second-order valence-corrected chi connectivity index (χ2v) is 9.18. The fourth-order valence-corrected chi connectivity index (χ4v) is 4.35. The summed E-state index contributed by atoms with van der Waals surface area (Å²) in [4.78, 5) is 28.4. The summed E-state index contributed by atoms with van der Waals surface area (Å²) in [6.45, 7) is 3.47. The third-order valence-corrected chi connectivity index (χ3v) is 6.45. The molecule has 1 aromatic carbocycles. The number of hydrogen-bond donors (Lipinski definition) is 1. The molecule has 0 radical (unpaired) electrons. The summed E-state index contributed by atoms with van der Waals surface area (Å²) in [5.74, 6) is 0.584. The molecule has 3 aromatic heterocycles. The van der Waals surface area contributed by atoms with E-state index in [2.05, 4.69) is 15.1 Å². The average molecular weight is 473 g/mol. The summed E-state index contributed by atoms with van der Waals surface area (Å²) >= 11 is 0. The van der Waals surface area contributed by atoms with Gasteiger partial charge in [-0.25, -0.2) is 4.98 Å². The van der Waals surface area contributed by atoms with E-state index in [9.17, 15) is 9.90 Å². The Morgan fingerprint density at radius 3 is 2.66 bits per heavy atom. The molecular formula is C26H28N6O3. The zero-order valence-corrected chi connectivity index (χ0v) is 19.9. The predicted octanol–water partition coefficient (Wildman–Crippen LogP) is 2.86. The maximum Gasteiger partial charge on any atom is 0.228 e. The van der Waals surface area contributed by atoms with Crippen LogP contribution in [0.25, 0.3) is 22.2 Å². The number of rotatable bonds is 6. The molecule has 0 spiro atoms. The Labute approximate surface area is 203 Å². The summed E-state index contributed by atoms with van der Waals surface area (Å²) in [6.07, 6.45) is 8.49. The number of aromatic nitrogens is 5. The highest BCUT2D eigenvalue weighted by Gasteiger charge is 2.29. The molecule has 0 unspecified atom stereocenters. The van der Waals surface area contributed by atoms with E-state index in [1.54, 1.807) is 30.6 Å². The standard InChI is InChI=1S/C26H28N6O3/c1-26(34)8-11-31(12-9-26)23(33)13-20-15-28-24-21(6-7-22(35-2)25(24)30-20)18-14-29-32(16-18)17-19-5-3-4-10-27-19/h3-7,10,14-16,34H,8-9,11-13,17H2,1-2H3. The highest BCUT2D eigenvalue weighted by molar-refractivity contribution is 5.95. The van der Waals surface area contributed by atoms with Crippen LogP contribution in [0.2, 0.25) is 0 Å².